The Morgan fingerprint density at radius 2 is 1.70 bits per heavy atom. The van der Waals surface area contributed by atoms with E-state index in [1.807, 2.05) is 4.90 Å². The Morgan fingerprint density at radius 1 is 1.07 bits per heavy atom. The normalized spacial score (nSPS) is 24.0. The molecule has 1 aliphatic carbocycles. The van der Waals surface area contributed by atoms with Crippen LogP contribution in [-0.2, 0) is 9.59 Å². The van der Waals surface area contributed by atoms with Crippen LogP contribution >= 0.6 is 11.6 Å². The summed E-state index contributed by atoms with van der Waals surface area (Å²) in [5.41, 5.74) is 0.266. The number of nitrogens with zero attached hydrogens (tertiary/aromatic N) is 2. The van der Waals surface area contributed by atoms with Crippen molar-refractivity contribution in [2.45, 2.75) is 19.3 Å². The van der Waals surface area contributed by atoms with Crippen molar-refractivity contribution in [1.29, 1.82) is 0 Å². The van der Waals surface area contributed by atoms with Crippen LogP contribution in [0.2, 0.25) is 5.02 Å². The van der Waals surface area contributed by atoms with Gasteiger partial charge >= 0.3 is 0 Å². The summed E-state index contributed by atoms with van der Waals surface area (Å²) in [4.78, 5) is 28.9. The van der Waals surface area contributed by atoms with Gasteiger partial charge in [0.05, 0.1) is 0 Å². The topological polar surface area (TPSA) is 61.9 Å². The lowest BCUT2D eigenvalue weighted by Crippen LogP contribution is -2.52. The monoisotopic (exact) mass is 391 g/mol. The molecule has 6 nitrogen and oxygen atoms in total. The first kappa shape index (κ1) is 18.6. The minimum Gasteiger partial charge on any atom is -0.484 e. The third-order valence-electron chi connectivity index (χ3n) is 6.21. The summed E-state index contributed by atoms with van der Waals surface area (Å²) in [6.45, 7) is 4.46. The predicted molar refractivity (Wildman–Crippen MR) is 103 cm³/mol. The minimum absolute atomic E-state index is 0.00825. The van der Waals surface area contributed by atoms with E-state index in [0.717, 1.165) is 32.4 Å². The third-order valence-corrected chi connectivity index (χ3v) is 6.46. The Bertz CT molecular complexity index is 695. The van der Waals surface area contributed by atoms with E-state index in [2.05, 4.69) is 5.32 Å². The van der Waals surface area contributed by atoms with Gasteiger partial charge in [-0.2, -0.15) is 0 Å². The molecule has 2 heterocycles. The van der Waals surface area contributed by atoms with Gasteiger partial charge in [0, 0.05) is 37.1 Å². The highest BCUT2D eigenvalue weighted by atomic mass is 35.5. The van der Waals surface area contributed by atoms with Crippen LogP contribution in [0.3, 0.4) is 0 Å². The Labute approximate surface area is 164 Å². The lowest BCUT2D eigenvalue weighted by Gasteiger charge is -2.35. The average molecular weight is 392 g/mol. The molecule has 27 heavy (non-hydrogen) atoms. The van der Waals surface area contributed by atoms with E-state index in [4.69, 9.17) is 16.3 Å². The molecule has 0 radical (unpaired) electrons. The maximum Gasteiger partial charge on any atom is 0.260 e. The number of halogens is 1. The summed E-state index contributed by atoms with van der Waals surface area (Å²) in [6.07, 6.45) is 3.27. The van der Waals surface area contributed by atoms with E-state index in [-0.39, 0.29) is 23.8 Å². The number of carbonyl (C=O) groups excluding carboxylic acids is 2. The van der Waals surface area contributed by atoms with Gasteiger partial charge in [0.15, 0.2) is 6.61 Å². The number of rotatable bonds is 4. The second-order valence-corrected chi connectivity index (χ2v) is 8.25. The molecule has 0 aromatic heterocycles. The predicted octanol–water partition coefficient (Wildman–Crippen LogP) is 1.78. The number of benzene rings is 1. The van der Waals surface area contributed by atoms with Gasteiger partial charge in [-0.25, -0.2) is 0 Å². The molecular weight excluding hydrogens is 366 g/mol. The van der Waals surface area contributed by atoms with Crippen LogP contribution in [-0.4, -0.2) is 67.5 Å². The van der Waals surface area contributed by atoms with Gasteiger partial charge in [-0.15, -0.1) is 0 Å². The van der Waals surface area contributed by atoms with E-state index in [0.29, 0.717) is 42.9 Å². The van der Waals surface area contributed by atoms with E-state index < -0.39 is 0 Å². The van der Waals surface area contributed by atoms with E-state index in [9.17, 15) is 9.59 Å². The number of nitrogens with one attached hydrogen (secondary N) is 1. The van der Waals surface area contributed by atoms with Crippen LogP contribution in [0.4, 0.5) is 0 Å². The van der Waals surface area contributed by atoms with Crippen LogP contribution in [0.5, 0.6) is 5.75 Å². The van der Waals surface area contributed by atoms with Crippen molar-refractivity contribution in [3.05, 3.63) is 29.3 Å². The number of hydrogen-bond donors (Lipinski definition) is 1. The Balaban J connectivity index is 1.22. The van der Waals surface area contributed by atoms with Gasteiger partial charge in [-0.1, -0.05) is 11.6 Å². The zero-order valence-corrected chi connectivity index (χ0v) is 16.2. The highest BCUT2D eigenvalue weighted by molar-refractivity contribution is 6.30. The zero-order chi connectivity index (χ0) is 18.9. The quantitative estimate of drug-likeness (QED) is 0.849. The molecule has 7 heteroatoms. The number of piperazine rings is 1. The summed E-state index contributed by atoms with van der Waals surface area (Å²) in [7, 11) is 0. The van der Waals surface area contributed by atoms with Crippen molar-refractivity contribution in [2.75, 3.05) is 45.9 Å². The van der Waals surface area contributed by atoms with E-state index in [1.54, 1.807) is 29.2 Å². The molecule has 2 aliphatic heterocycles. The van der Waals surface area contributed by atoms with E-state index in [1.165, 1.54) is 0 Å². The number of hydrogen-bond acceptors (Lipinski definition) is 4. The molecule has 3 aliphatic rings. The van der Waals surface area contributed by atoms with Crippen LogP contribution in [0.1, 0.15) is 19.3 Å². The Hall–Kier alpha value is -1.79. The fourth-order valence-electron chi connectivity index (χ4n) is 4.34. The van der Waals surface area contributed by atoms with Crippen molar-refractivity contribution in [3.63, 3.8) is 0 Å². The molecule has 1 saturated carbocycles. The molecule has 1 aromatic rings. The number of piperidine rings is 1. The smallest absolute Gasteiger partial charge is 0.260 e. The van der Waals surface area contributed by atoms with Gasteiger partial charge < -0.3 is 19.9 Å². The molecular formula is C20H26ClN3O3. The van der Waals surface area contributed by atoms with Crippen LogP contribution in [0.25, 0.3) is 0 Å². The molecule has 3 fully saturated rings. The number of amides is 2. The minimum atomic E-state index is -0.0432. The third kappa shape index (κ3) is 4.06. The van der Waals surface area contributed by atoms with Crippen molar-refractivity contribution in [2.24, 2.45) is 11.3 Å². The molecule has 2 saturated heterocycles. The maximum atomic E-state index is 12.8. The molecule has 4 rings (SSSR count). The number of carbonyl (C=O) groups is 2. The zero-order valence-electron chi connectivity index (χ0n) is 15.5. The van der Waals surface area contributed by atoms with Gasteiger partial charge in [-0.3, -0.25) is 9.59 Å². The molecule has 1 aromatic carbocycles. The molecule has 2 amide bonds. The fourth-order valence-corrected chi connectivity index (χ4v) is 4.46. The molecule has 1 unspecified atom stereocenters. The Morgan fingerprint density at radius 3 is 2.37 bits per heavy atom. The largest absolute Gasteiger partial charge is 0.484 e. The van der Waals surface area contributed by atoms with Crippen LogP contribution in [0.15, 0.2) is 24.3 Å². The summed E-state index contributed by atoms with van der Waals surface area (Å²) in [5, 5.41) is 4.01. The van der Waals surface area contributed by atoms with Gasteiger partial charge in [0.25, 0.3) is 5.91 Å². The van der Waals surface area contributed by atoms with Crippen LogP contribution in [0, 0.1) is 11.3 Å². The molecule has 0 bridgehead atoms. The highest BCUT2D eigenvalue weighted by Crippen LogP contribution is 2.59. The summed E-state index contributed by atoms with van der Waals surface area (Å²) in [5.74, 6) is 1.08. The van der Waals surface area contributed by atoms with Crippen LogP contribution < -0.4 is 10.1 Å². The van der Waals surface area contributed by atoms with Crippen molar-refractivity contribution in [3.8, 4) is 5.75 Å². The average Bonchev–Trinajstić information content (AvgIpc) is 3.40. The lowest BCUT2D eigenvalue weighted by atomic mass is 9.91. The summed E-state index contributed by atoms with van der Waals surface area (Å²) in [6, 6.07) is 6.97. The first-order valence-corrected chi connectivity index (χ1v) is 10.1. The number of ether oxygens (including phenoxy) is 1. The van der Waals surface area contributed by atoms with Gasteiger partial charge in [0.1, 0.15) is 5.75 Å². The molecule has 1 atom stereocenters. The van der Waals surface area contributed by atoms with Crippen molar-refractivity contribution < 1.29 is 14.3 Å². The summed E-state index contributed by atoms with van der Waals surface area (Å²) < 4.78 is 5.54. The lowest BCUT2D eigenvalue weighted by molar-refractivity contribution is -0.142. The van der Waals surface area contributed by atoms with Crippen molar-refractivity contribution >= 4 is 23.4 Å². The molecule has 1 spiro atoms. The second-order valence-electron chi connectivity index (χ2n) is 7.82. The van der Waals surface area contributed by atoms with Gasteiger partial charge in [0.2, 0.25) is 5.91 Å². The maximum absolute atomic E-state index is 12.8. The summed E-state index contributed by atoms with van der Waals surface area (Å²) >= 11 is 5.84. The standard InChI is InChI=1S/C20H26ClN3O3/c21-15-1-3-16(4-2-15)27-14-18(25)23-9-11-24(12-10-23)19(26)17-13-20(17)5-7-22-8-6-20/h1-4,17,22H,5-14H2. The first-order chi connectivity index (χ1) is 13.1. The highest BCUT2D eigenvalue weighted by Gasteiger charge is 2.58. The van der Waals surface area contributed by atoms with Gasteiger partial charge in [-0.05, 0) is 62.0 Å². The fraction of sp³-hybridized carbons (Fsp3) is 0.600. The molecule has 146 valence electrons. The SMILES string of the molecule is O=C(COc1ccc(Cl)cc1)N1CCN(C(=O)C2CC23CCNCC3)CC1. The van der Waals surface area contributed by atoms with E-state index >= 15 is 0 Å². The van der Waals surface area contributed by atoms with Crippen molar-refractivity contribution in [1.82, 2.24) is 15.1 Å². The molecule has 1 N–H and O–H groups in total. The first-order valence-electron chi connectivity index (χ1n) is 9.73. The Kier molecular flexibility index (Phi) is 5.28. The second kappa shape index (κ2) is 7.68.